The van der Waals surface area contributed by atoms with Gasteiger partial charge in [0.2, 0.25) is 0 Å². The molecule has 0 aromatic heterocycles. The molecule has 0 aliphatic heterocycles. The van der Waals surface area contributed by atoms with Gasteiger partial charge in [-0.25, -0.2) is 0 Å². The lowest BCUT2D eigenvalue weighted by atomic mass is 10.1. The van der Waals surface area contributed by atoms with E-state index in [9.17, 15) is 4.79 Å². The highest BCUT2D eigenvalue weighted by atomic mass is 79.9. The van der Waals surface area contributed by atoms with E-state index in [1.807, 2.05) is 44.2 Å². The van der Waals surface area contributed by atoms with Gasteiger partial charge in [-0.1, -0.05) is 18.2 Å². The highest BCUT2D eigenvalue weighted by Crippen LogP contribution is 2.29. The van der Waals surface area contributed by atoms with Crippen molar-refractivity contribution in [2.45, 2.75) is 13.8 Å². The van der Waals surface area contributed by atoms with Gasteiger partial charge >= 0.3 is 0 Å². The third-order valence-electron chi connectivity index (χ3n) is 2.94. The summed E-state index contributed by atoms with van der Waals surface area (Å²) >= 11 is 3.42. The van der Waals surface area contributed by atoms with Gasteiger partial charge in [-0.3, -0.25) is 4.79 Å². The molecule has 0 saturated carbocycles. The van der Waals surface area contributed by atoms with Crippen LogP contribution in [0.25, 0.3) is 0 Å². The van der Waals surface area contributed by atoms with E-state index in [2.05, 4.69) is 21.2 Å². The number of aryl methyl sites for hydroxylation is 2. The maximum Gasteiger partial charge on any atom is 0.255 e. The van der Waals surface area contributed by atoms with Crippen LogP contribution < -0.4 is 11.1 Å². The Hall–Kier alpha value is -1.81. The third-order valence-corrected chi connectivity index (χ3v) is 3.56. The minimum Gasteiger partial charge on any atom is -0.399 e. The van der Waals surface area contributed by atoms with Crippen molar-refractivity contribution in [3.8, 4) is 0 Å². The number of rotatable bonds is 2. The largest absolute Gasteiger partial charge is 0.399 e. The molecule has 3 nitrogen and oxygen atoms in total. The maximum atomic E-state index is 12.3. The summed E-state index contributed by atoms with van der Waals surface area (Å²) in [6.07, 6.45) is 0. The monoisotopic (exact) mass is 318 g/mol. The summed E-state index contributed by atoms with van der Waals surface area (Å²) in [5.74, 6) is -0.119. The van der Waals surface area contributed by atoms with Crippen molar-refractivity contribution < 1.29 is 4.79 Å². The molecule has 2 rings (SSSR count). The molecule has 4 heteroatoms. The Morgan fingerprint density at radius 3 is 2.47 bits per heavy atom. The van der Waals surface area contributed by atoms with E-state index in [4.69, 9.17) is 5.73 Å². The average Bonchev–Trinajstić information content (AvgIpc) is 2.34. The number of benzene rings is 2. The summed E-state index contributed by atoms with van der Waals surface area (Å²) in [5, 5.41) is 2.92. The van der Waals surface area contributed by atoms with Crippen molar-refractivity contribution in [3.63, 3.8) is 0 Å². The standard InChI is InChI=1S/C15H15BrN2O/c1-9-5-3-4-6-12(9)15(19)18-14-10(2)7-11(17)8-13(14)16/h3-8H,17H2,1-2H3,(H,18,19). The van der Waals surface area contributed by atoms with Gasteiger partial charge in [0.25, 0.3) is 5.91 Å². The molecule has 98 valence electrons. The first-order valence-corrected chi connectivity index (χ1v) is 6.71. The Kier molecular flexibility index (Phi) is 3.90. The fraction of sp³-hybridized carbons (Fsp3) is 0.133. The molecule has 0 fully saturated rings. The van der Waals surface area contributed by atoms with Crippen LogP contribution in [-0.4, -0.2) is 5.91 Å². The second-order valence-corrected chi connectivity index (χ2v) is 5.32. The Morgan fingerprint density at radius 1 is 1.16 bits per heavy atom. The first-order chi connectivity index (χ1) is 8.99. The lowest BCUT2D eigenvalue weighted by molar-refractivity contribution is 0.102. The average molecular weight is 319 g/mol. The van der Waals surface area contributed by atoms with Crippen LogP contribution in [0, 0.1) is 13.8 Å². The van der Waals surface area contributed by atoms with Crippen molar-refractivity contribution >= 4 is 33.2 Å². The van der Waals surface area contributed by atoms with Gasteiger partial charge in [0, 0.05) is 15.7 Å². The molecule has 0 bridgehead atoms. The summed E-state index contributed by atoms with van der Waals surface area (Å²) in [5.41, 5.74) is 9.71. The fourth-order valence-corrected chi connectivity index (χ4v) is 2.61. The van der Waals surface area contributed by atoms with E-state index < -0.39 is 0 Å². The zero-order valence-electron chi connectivity index (χ0n) is 10.8. The van der Waals surface area contributed by atoms with Crippen molar-refractivity contribution in [2.75, 3.05) is 11.1 Å². The molecular weight excluding hydrogens is 304 g/mol. The van der Waals surface area contributed by atoms with Crippen molar-refractivity contribution in [3.05, 3.63) is 57.6 Å². The normalized spacial score (nSPS) is 10.3. The van der Waals surface area contributed by atoms with Gasteiger partial charge in [-0.2, -0.15) is 0 Å². The molecule has 0 unspecified atom stereocenters. The molecule has 0 spiro atoms. The predicted molar refractivity (Wildman–Crippen MR) is 82.4 cm³/mol. The molecule has 0 radical (unpaired) electrons. The predicted octanol–water partition coefficient (Wildman–Crippen LogP) is 3.90. The van der Waals surface area contributed by atoms with Crippen molar-refractivity contribution in [1.82, 2.24) is 0 Å². The number of hydrogen-bond donors (Lipinski definition) is 2. The minimum absolute atomic E-state index is 0.119. The van der Waals surface area contributed by atoms with Gasteiger partial charge in [0.1, 0.15) is 0 Å². The van der Waals surface area contributed by atoms with Crippen molar-refractivity contribution in [1.29, 1.82) is 0 Å². The summed E-state index contributed by atoms with van der Waals surface area (Å²) in [6, 6.07) is 11.1. The minimum atomic E-state index is -0.119. The van der Waals surface area contributed by atoms with Gasteiger partial charge in [0.05, 0.1) is 5.69 Å². The molecule has 0 atom stereocenters. The summed E-state index contributed by atoms with van der Waals surface area (Å²) in [7, 11) is 0. The molecular formula is C15H15BrN2O. The van der Waals surface area contributed by atoms with Crippen LogP contribution >= 0.6 is 15.9 Å². The van der Waals surface area contributed by atoms with Crippen LogP contribution in [0.5, 0.6) is 0 Å². The molecule has 0 aliphatic rings. The van der Waals surface area contributed by atoms with Gasteiger partial charge in [0.15, 0.2) is 0 Å². The Morgan fingerprint density at radius 2 is 1.84 bits per heavy atom. The summed E-state index contributed by atoms with van der Waals surface area (Å²) in [4.78, 5) is 12.3. The smallest absolute Gasteiger partial charge is 0.255 e. The number of nitrogen functional groups attached to an aromatic ring is 1. The number of halogens is 1. The van der Waals surface area contributed by atoms with Gasteiger partial charge in [-0.05, 0) is 59.1 Å². The van der Waals surface area contributed by atoms with E-state index in [0.29, 0.717) is 11.3 Å². The van der Waals surface area contributed by atoms with E-state index >= 15 is 0 Å². The highest BCUT2D eigenvalue weighted by molar-refractivity contribution is 9.10. The third kappa shape index (κ3) is 2.96. The second kappa shape index (κ2) is 5.45. The number of nitrogens with two attached hydrogens (primary N) is 1. The van der Waals surface area contributed by atoms with Crippen LogP contribution in [0.3, 0.4) is 0 Å². The van der Waals surface area contributed by atoms with Crippen LogP contribution in [0.1, 0.15) is 21.5 Å². The van der Waals surface area contributed by atoms with E-state index in [0.717, 1.165) is 21.3 Å². The zero-order chi connectivity index (χ0) is 14.0. The number of hydrogen-bond acceptors (Lipinski definition) is 2. The van der Waals surface area contributed by atoms with Gasteiger partial charge in [-0.15, -0.1) is 0 Å². The second-order valence-electron chi connectivity index (χ2n) is 4.46. The topological polar surface area (TPSA) is 55.1 Å². The number of amides is 1. The first-order valence-electron chi connectivity index (χ1n) is 5.91. The molecule has 3 N–H and O–H groups in total. The van der Waals surface area contributed by atoms with Crippen LogP contribution in [-0.2, 0) is 0 Å². The van der Waals surface area contributed by atoms with Crippen LogP contribution in [0.15, 0.2) is 40.9 Å². The van der Waals surface area contributed by atoms with E-state index in [1.54, 1.807) is 6.07 Å². The molecule has 0 aliphatic carbocycles. The Balaban J connectivity index is 2.32. The lowest BCUT2D eigenvalue weighted by Gasteiger charge is -2.12. The number of carbonyl (C=O) groups excluding carboxylic acids is 1. The van der Waals surface area contributed by atoms with Crippen LogP contribution in [0.2, 0.25) is 0 Å². The number of anilines is 2. The quantitative estimate of drug-likeness (QED) is 0.825. The molecule has 0 heterocycles. The van der Waals surface area contributed by atoms with Gasteiger partial charge < -0.3 is 11.1 Å². The van der Waals surface area contributed by atoms with E-state index in [-0.39, 0.29) is 5.91 Å². The van der Waals surface area contributed by atoms with Crippen molar-refractivity contribution in [2.24, 2.45) is 0 Å². The SMILES string of the molecule is Cc1ccccc1C(=O)Nc1c(C)cc(N)cc1Br. The lowest BCUT2D eigenvalue weighted by Crippen LogP contribution is -2.14. The number of carbonyl (C=O) groups is 1. The molecule has 2 aromatic carbocycles. The zero-order valence-corrected chi connectivity index (χ0v) is 12.4. The fourth-order valence-electron chi connectivity index (χ4n) is 1.94. The Bertz CT molecular complexity index is 615. The molecule has 2 aromatic rings. The summed E-state index contributed by atoms with van der Waals surface area (Å²) in [6.45, 7) is 3.83. The van der Waals surface area contributed by atoms with E-state index in [1.165, 1.54) is 0 Å². The summed E-state index contributed by atoms with van der Waals surface area (Å²) < 4.78 is 0.784. The Labute approximate surface area is 121 Å². The first kappa shape index (κ1) is 13.6. The highest BCUT2D eigenvalue weighted by Gasteiger charge is 2.12. The molecule has 1 amide bonds. The molecule has 0 saturated heterocycles. The maximum absolute atomic E-state index is 12.3. The van der Waals surface area contributed by atoms with Crippen LogP contribution in [0.4, 0.5) is 11.4 Å². The molecule has 19 heavy (non-hydrogen) atoms. The number of nitrogens with one attached hydrogen (secondary N) is 1.